The van der Waals surface area contributed by atoms with Crippen molar-refractivity contribution in [2.24, 2.45) is 0 Å². The van der Waals surface area contributed by atoms with E-state index in [1.54, 1.807) is 0 Å². The summed E-state index contributed by atoms with van der Waals surface area (Å²) in [5.74, 6) is 1.35. The summed E-state index contributed by atoms with van der Waals surface area (Å²) < 4.78 is 7.84. The van der Waals surface area contributed by atoms with Crippen LogP contribution in [0.2, 0.25) is 0 Å². The van der Waals surface area contributed by atoms with Crippen molar-refractivity contribution in [2.45, 2.75) is 26.0 Å². The van der Waals surface area contributed by atoms with E-state index >= 15 is 0 Å². The van der Waals surface area contributed by atoms with Crippen LogP contribution < -0.4 is 4.74 Å². The van der Waals surface area contributed by atoms with E-state index < -0.39 is 0 Å². The third-order valence-electron chi connectivity index (χ3n) is 3.49. The van der Waals surface area contributed by atoms with Gasteiger partial charge in [-0.15, -0.1) is 11.6 Å². The van der Waals surface area contributed by atoms with Gasteiger partial charge in [0.25, 0.3) is 0 Å². The summed E-state index contributed by atoms with van der Waals surface area (Å²) in [6.07, 6.45) is 0. The van der Waals surface area contributed by atoms with E-state index in [2.05, 4.69) is 24.2 Å². The average Bonchev–Trinajstić information content (AvgIpc) is 2.91. The minimum absolute atomic E-state index is 0.466. The van der Waals surface area contributed by atoms with Crippen molar-refractivity contribution in [2.75, 3.05) is 0 Å². The van der Waals surface area contributed by atoms with Crippen LogP contribution in [0.25, 0.3) is 10.9 Å². The lowest BCUT2D eigenvalue weighted by atomic mass is 10.2. The number of hydrogen-bond acceptors (Lipinski definition) is 2. The highest BCUT2D eigenvalue weighted by Crippen LogP contribution is 2.21. The second kappa shape index (κ2) is 6.19. The molecule has 4 heteroatoms. The van der Waals surface area contributed by atoms with E-state index in [0.29, 0.717) is 12.5 Å². The molecule has 0 aliphatic rings. The van der Waals surface area contributed by atoms with Gasteiger partial charge in [0.2, 0.25) is 0 Å². The molecule has 21 heavy (non-hydrogen) atoms. The zero-order valence-corrected chi connectivity index (χ0v) is 12.7. The number of aromatic nitrogens is 2. The van der Waals surface area contributed by atoms with E-state index in [0.717, 1.165) is 34.5 Å². The number of alkyl halides is 1. The fraction of sp³-hybridized carbons (Fsp3) is 0.235. The van der Waals surface area contributed by atoms with Crippen LogP contribution in [0, 0.1) is 0 Å². The molecule has 0 bridgehead atoms. The fourth-order valence-electron chi connectivity index (χ4n) is 2.37. The van der Waals surface area contributed by atoms with Gasteiger partial charge in [0, 0.05) is 17.8 Å². The average molecular weight is 301 g/mol. The van der Waals surface area contributed by atoms with Crippen molar-refractivity contribution >= 4 is 22.5 Å². The number of nitrogens with zero attached hydrogens (tertiary/aromatic N) is 2. The predicted octanol–water partition coefficient (Wildman–Crippen LogP) is 4.37. The van der Waals surface area contributed by atoms with Gasteiger partial charge < -0.3 is 4.74 Å². The summed E-state index contributed by atoms with van der Waals surface area (Å²) in [5.41, 5.74) is 3.20. The van der Waals surface area contributed by atoms with Crippen molar-refractivity contribution in [3.05, 3.63) is 59.8 Å². The fourth-order valence-corrected chi connectivity index (χ4v) is 2.55. The number of fused-ring (bicyclic) bond motifs is 1. The summed E-state index contributed by atoms with van der Waals surface area (Å²) in [7, 11) is 0. The summed E-state index contributed by atoms with van der Waals surface area (Å²) >= 11 is 5.78. The van der Waals surface area contributed by atoms with E-state index in [9.17, 15) is 0 Å². The molecule has 0 atom stereocenters. The van der Waals surface area contributed by atoms with Gasteiger partial charge in [-0.25, -0.2) is 0 Å². The summed E-state index contributed by atoms with van der Waals surface area (Å²) in [5, 5.41) is 5.78. The number of aryl methyl sites for hydroxylation is 1. The van der Waals surface area contributed by atoms with Gasteiger partial charge in [0.1, 0.15) is 18.1 Å². The van der Waals surface area contributed by atoms with Crippen LogP contribution in [0.4, 0.5) is 0 Å². The topological polar surface area (TPSA) is 27.1 Å². The molecule has 3 aromatic rings. The highest BCUT2D eigenvalue weighted by atomic mass is 35.5. The number of benzene rings is 2. The van der Waals surface area contributed by atoms with Gasteiger partial charge in [-0.2, -0.15) is 5.10 Å². The van der Waals surface area contributed by atoms with Crippen molar-refractivity contribution in [1.82, 2.24) is 9.78 Å². The lowest BCUT2D eigenvalue weighted by molar-refractivity contribution is 0.301. The molecular formula is C17H17ClN2O. The Kier molecular flexibility index (Phi) is 4.11. The predicted molar refractivity (Wildman–Crippen MR) is 85.7 cm³/mol. The summed E-state index contributed by atoms with van der Waals surface area (Å²) in [4.78, 5) is 0. The number of ether oxygens (including phenoxy) is 1. The third kappa shape index (κ3) is 2.88. The first-order valence-electron chi connectivity index (χ1n) is 7.04. The number of rotatable bonds is 5. The molecule has 0 aliphatic carbocycles. The maximum absolute atomic E-state index is 5.84. The number of halogens is 1. The molecule has 0 saturated heterocycles. The second-order valence-electron chi connectivity index (χ2n) is 4.85. The maximum Gasteiger partial charge on any atom is 0.133 e. The first-order valence-corrected chi connectivity index (χ1v) is 7.57. The van der Waals surface area contributed by atoms with Crippen LogP contribution in [0.15, 0.2) is 48.5 Å². The van der Waals surface area contributed by atoms with Crippen LogP contribution in [0.5, 0.6) is 5.75 Å². The number of hydrogen-bond donors (Lipinski definition) is 0. The second-order valence-corrected chi connectivity index (χ2v) is 5.11. The smallest absolute Gasteiger partial charge is 0.133 e. The van der Waals surface area contributed by atoms with Gasteiger partial charge in [-0.3, -0.25) is 4.68 Å². The first-order chi connectivity index (χ1) is 10.3. The van der Waals surface area contributed by atoms with Crippen molar-refractivity contribution in [3.8, 4) is 5.75 Å². The highest BCUT2D eigenvalue weighted by molar-refractivity contribution is 6.17. The molecule has 1 heterocycles. The lowest BCUT2D eigenvalue weighted by Gasteiger charge is -2.05. The Bertz CT molecular complexity index is 734. The quantitative estimate of drug-likeness (QED) is 0.654. The van der Waals surface area contributed by atoms with Crippen molar-refractivity contribution < 1.29 is 4.74 Å². The van der Waals surface area contributed by atoms with E-state index in [4.69, 9.17) is 16.3 Å². The lowest BCUT2D eigenvalue weighted by Crippen LogP contribution is -2.00. The molecule has 2 aromatic carbocycles. The Hall–Kier alpha value is -2.00. The Morgan fingerprint density at radius 3 is 2.57 bits per heavy atom. The monoisotopic (exact) mass is 300 g/mol. The van der Waals surface area contributed by atoms with Crippen LogP contribution in [-0.4, -0.2) is 9.78 Å². The molecule has 3 nitrogen and oxygen atoms in total. The van der Waals surface area contributed by atoms with Gasteiger partial charge in [0.15, 0.2) is 0 Å². The van der Waals surface area contributed by atoms with Crippen LogP contribution in [-0.2, 0) is 19.0 Å². The van der Waals surface area contributed by atoms with E-state index in [1.807, 2.05) is 41.1 Å². The molecule has 3 rings (SSSR count). The normalized spacial score (nSPS) is 11.0. The minimum Gasteiger partial charge on any atom is -0.487 e. The Morgan fingerprint density at radius 2 is 1.86 bits per heavy atom. The number of para-hydroxylation sites is 1. The van der Waals surface area contributed by atoms with Crippen molar-refractivity contribution in [1.29, 1.82) is 0 Å². The van der Waals surface area contributed by atoms with Gasteiger partial charge >= 0.3 is 0 Å². The standard InChI is InChI=1S/C17H17ClN2O/c1-2-20-17-6-4-3-5-15(17)16(19-20)12-21-14-9-7-13(11-18)8-10-14/h3-10H,2,11-12H2,1H3. The molecule has 0 amide bonds. The van der Waals surface area contributed by atoms with Gasteiger partial charge in [0.05, 0.1) is 5.52 Å². The van der Waals surface area contributed by atoms with E-state index in [-0.39, 0.29) is 0 Å². The third-order valence-corrected chi connectivity index (χ3v) is 3.80. The molecule has 0 radical (unpaired) electrons. The zero-order valence-electron chi connectivity index (χ0n) is 11.9. The zero-order chi connectivity index (χ0) is 14.7. The molecule has 0 fully saturated rings. The Balaban J connectivity index is 1.81. The van der Waals surface area contributed by atoms with Crippen LogP contribution in [0.3, 0.4) is 0 Å². The van der Waals surface area contributed by atoms with Gasteiger partial charge in [-0.1, -0.05) is 30.3 Å². The molecule has 0 saturated carbocycles. The molecule has 108 valence electrons. The van der Waals surface area contributed by atoms with Gasteiger partial charge in [-0.05, 0) is 30.7 Å². The molecule has 1 aromatic heterocycles. The largest absolute Gasteiger partial charge is 0.487 e. The molecular weight excluding hydrogens is 284 g/mol. The van der Waals surface area contributed by atoms with Crippen LogP contribution >= 0.6 is 11.6 Å². The summed E-state index contributed by atoms with van der Waals surface area (Å²) in [6, 6.07) is 16.1. The Labute approximate surface area is 129 Å². The SMILES string of the molecule is CCn1nc(COc2ccc(CCl)cc2)c2ccccc21. The van der Waals surface area contributed by atoms with Crippen molar-refractivity contribution in [3.63, 3.8) is 0 Å². The molecule has 0 N–H and O–H groups in total. The molecule has 0 spiro atoms. The minimum atomic E-state index is 0.466. The maximum atomic E-state index is 5.84. The molecule has 0 unspecified atom stereocenters. The Morgan fingerprint density at radius 1 is 1.10 bits per heavy atom. The highest BCUT2D eigenvalue weighted by Gasteiger charge is 2.09. The van der Waals surface area contributed by atoms with E-state index in [1.165, 1.54) is 0 Å². The van der Waals surface area contributed by atoms with Crippen LogP contribution in [0.1, 0.15) is 18.2 Å². The summed E-state index contributed by atoms with van der Waals surface area (Å²) in [6.45, 7) is 3.41. The molecule has 0 aliphatic heterocycles. The first kappa shape index (κ1) is 14.0.